The molecule has 1 N–H and O–H groups in total. The van der Waals surface area contributed by atoms with Crippen molar-refractivity contribution in [1.82, 2.24) is 14.3 Å². The minimum atomic E-state index is -3.62. The number of hydrogen-bond acceptors (Lipinski definition) is 7. The van der Waals surface area contributed by atoms with Gasteiger partial charge in [0, 0.05) is 24.7 Å². The van der Waals surface area contributed by atoms with E-state index in [2.05, 4.69) is 15.3 Å². The highest BCUT2D eigenvalue weighted by atomic mass is 32.2. The molecule has 0 aliphatic carbocycles. The molecule has 1 fully saturated rings. The van der Waals surface area contributed by atoms with Crippen LogP contribution < -0.4 is 5.32 Å². The van der Waals surface area contributed by atoms with Crippen molar-refractivity contribution in [2.75, 3.05) is 18.4 Å². The Hall–Kier alpha value is -2.40. The number of sulfonamides is 1. The summed E-state index contributed by atoms with van der Waals surface area (Å²) >= 11 is 2.98. The zero-order chi connectivity index (χ0) is 21.6. The van der Waals surface area contributed by atoms with Gasteiger partial charge in [-0.05, 0) is 48.7 Å². The Morgan fingerprint density at radius 1 is 1.06 bits per heavy atom. The summed E-state index contributed by atoms with van der Waals surface area (Å²) in [5.74, 6) is -0.426. The predicted octanol–water partition coefficient (Wildman–Crippen LogP) is 4.19. The molecule has 31 heavy (non-hydrogen) atoms. The maximum absolute atomic E-state index is 13.2. The molecule has 1 aliphatic heterocycles. The summed E-state index contributed by atoms with van der Waals surface area (Å²) in [4.78, 5) is 21.7. The first-order valence-electron chi connectivity index (χ1n) is 9.89. The quantitative estimate of drug-likeness (QED) is 0.481. The van der Waals surface area contributed by atoms with Gasteiger partial charge >= 0.3 is 0 Å². The van der Waals surface area contributed by atoms with Gasteiger partial charge in [0.25, 0.3) is 0 Å². The van der Waals surface area contributed by atoms with Gasteiger partial charge in [-0.2, -0.15) is 4.31 Å². The Labute approximate surface area is 187 Å². The van der Waals surface area contributed by atoms with E-state index in [0.717, 1.165) is 20.4 Å². The van der Waals surface area contributed by atoms with Crippen molar-refractivity contribution in [2.45, 2.75) is 18.2 Å². The molecular formula is C21H20N4O3S3. The normalized spacial score (nSPS) is 20.3. The van der Waals surface area contributed by atoms with Crippen LogP contribution in [0, 0.1) is 11.8 Å². The highest BCUT2D eigenvalue weighted by Crippen LogP contribution is 2.31. The molecule has 7 nitrogen and oxygen atoms in total. The van der Waals surface area contributed by atoms with E-state index >= 15 is 0 Å². The van der Waals surface area contributed by atoms with Crippen LogP contribution in [0.25, 0.3) is 20.4 Å². The molecule has 2 aromatic heterocycles. The molecule has 0 bridgehead atoms. The number of aromatic nitrogens is 2. The van der Waals surface area contributed by atoms with Crippen LogP contribution in [0.3, 0.4) is 0 Å². The number of thiazole rings is 2. The third kappa shape index (κ3) is 3.84. The summed E-state index contributed by atoms with van der Waals surface area (Å²) in [6.07, 6.45) is 0.480. The molecule has 2 aromatic carbocycles. The van der Waals surface area contributed by atoms with Gasteiger partial charge in [-0.25, -0.2) is 18.4 Å². The fraction of sp³-hybridized carbons (Fsp3) is 0.286. The van der Waals surface area contributed by atoms with E-state index in [4.69, 9.17) is 0 Å². The van der Waals surface area contributed by atoms with Crippen molar-refractivity contribution in [2.24, 2.45) is 11.8 Å². The lowest BCUT2D eigenvalue weighted by atomic mass is 9.87. The first-order chi connectivity index (χ1) is 14.9. The van der Waals surface area contributed by atoms with E-state index < -0.39 is 10.0 Å². The lowest BCUT2D eigenvalue weighted by molar-refractivity contribution is -0.122. The fourth-order valence-electron chi connectivity index (χ4n) is 4.03. The summed E-state index contributed by atoms with van der Waals surface area (Å²) in [6.45, 7) is 2.56. The molecule has 0 saturated carbocycles. The molecule has 0 spiro atoms. The number of piperidine rings is 1. The van der Waals surface area contributed by atoms with E-state index in [1.54, 1.807) is 40.6 Å². The Bertz CT molecular complexity index is 1380. The fourth-order valence-corrected chi connectivity index (χ4v) is 7.06. The lowest BCUT2D eigenvalue weighted by Gasteiger charge is -2.35. The first-order valence-corrected chi connectivity index (χ1v) is 13.1. The van der Waals surface area contributed by atoms with Crippen molar-refractivity contribution in [3.05, 3.63) is 47.4 Å². The van der Waals surface area contributed by atoms with Gasteiger partial charge in [0.15, 0.2) is 0 Å². The smallest absolute Gasteiger partial charge is 0.243 e. The van der Waals surface area contributed by atoms with E-state index in [-0.39, 0.29) is 22.6 Å². The monoisotopic (exact) mass is 472 g/mol. The third-order valence-corrected chi connectivity index (χ3v) is 9.21. The highest BCUT2D eigenvalue weighted by Gasteiger charge is 2.36. The molecule has 5 rings (SSSR count). The number of amides is 1. The number of anilines is 1. The van der Waals surface area contributed by atoms with Crippen LogP contribution in [-0.4, -0.2) is 41.7 Å². The van der Waals surface area contributed by atoms with Crippen LogP contribution in [0.2, 0.25) is 0 Å². The lowest BCUT2D eigenvalue weighted by Crippen LogP contribution is -2.46. The van der Waals surface area contributed by atoms with E-state index in [1.165, 1.54) is 15.6 Å². The Morgan fingerprint density at radius 3 is 2.65 bits per heavy atom. The predicted molar refractivity (Wildman–Crippen MR) is 124 cm³/mol. The van der Waals surface area contributed by atoms with Crippen molar-refractivity contribution in [3.8, 4) is 0 Å². The number of carbonyl (C=O) groups excluding carboxylic acids is 1. The first kappa shape index (κ1) is 20.5. The minimum absolute atomic E-state index is 0.0785. The Morgan fingerprint density at radius 2 is 1.84 bits per heavy atom. The maximum atomic E-state index is 13.2. The summed E-state index contributed by atoms with van der Waals surface area (Å²) < 4.78 is 29.7. The van der Waals surface area contributed by atoms with Crippen LogP contribution in [0.1, 0.15) is 13.3 Å². The van der Waals surface area contributed by atoms with Crippen molar-refractivity contribution in [3.63, 3.8) is 0 Å². The maximum Gasteiger partial charge on any atom is 0.243 e. The molecule has 160 valence electrons. The van der Waals surface area contributed by atoms with Crippen LogP contribution >= 0.6 is 22.7 Å². The summed E-state index contributed by atoms with van der Waals surface area (Å²) in [6, 6.07) is 10.7. The second-order valence-corrected chi connectivity index (χ2v) is 11.5. The zero-order valence-electron chi connectivity index (χ0n) is 16.7. The van der Waals surface area contributed by atoms with Crippen molar-refractivity contribution < 1.29 is 13.2 Å². The molecule has 1 saturated heterocycles. The number of benzene rings is 2. The molecular weight excluding hydrogens is 452 g/mol. The number of rotatable bonds is 4. The third-order valence-electron chi connectivity index (χ3n) is 5.74. The topological polar surface area (TPSA) is 92.3 Å². The number of carbonyl (C=O) groups is 1. The SMILES string of the molecule is C[C@H]1CN(S(=O)(=O)c2ccc3ncsc3c2)CC[C@@H]1C(=O)Nc1ccc2scnc2c1. The second-order valence-electron chi connectivity index (χ2n) is 7.74. The molecule has 3 heterocycles. The molecule has 0 radical (unpaired) electrons. The zero-order valence-corrected chi connectivity index (χ0v) is 19.1. The van der Waals surface area contributed by atoms with E-state index in [0.29, 0.717) is 25.2 Å². The molecule has 2 atom stereocenters. The minimum Gasteiger partial charge on any atom is -0.326 e. The highest BCUT2D eigenvalue weighted by molar-refractivity contribution is 7.89. The van der Waals surface area contributed by atoms with Gasteiger partial charge in [-0.3, -0.25) is 4.79 Å². The molecule has 1 aliphatic rings. The van der Waals surface area contributed by atoms with E-state index in [9.17, 15) is 13.2 Å². The molecule has 1 amide bonds. The van der Waals surface area contributed by atoms with Gasteiger partial charge in [-0.15, -0.1) is 22.7 Å². The van der Waals surface area contributed by atoms with Gasteiger partial charge in [0.05, 0.1) is 36.3 Å². The van der Waals surface area contributed by atoms with Crippen LogP contribution in [0.15, 0.2) is 52.3 Å². The number of hydrogen-bond donors (Lipinski definition) is 1. The summed E-state index contributed by atoms with van der Waals surface area (Å²) in [5, 5.41) is 2.98. The molecule has 10 heteroatoms. The van der Waals surface area contributed by atoms with E-state index in [1.807, 2.05) is 25.1 Å². The van der Waals surface area contributed by atoms with Gasteiger partial charge in [0.2, 0.25) is 15.9 Å². The van der Waals surface area contributed by atoms with Crippen molar-refractivity contribution >= 4 is 64.7 Å². The van der Waals surface area contributed by atoms with Crippen LogP contribution in [0.4, 0.5) is 5.69 Å². The summed E-state index contributed by atoms with van der Waals surface area (Å²) in [5.41, 5.74) is 5.85. The standard InChI is InChI=1S/C21H20N4O3S3/c1-13-10-25(31(27,28)15-3-4-17-20(9-15)30-11-22-17)7-6-16(13)21(26)24-14-2-5-19-18(8-14)23-12-29-19/h2-5,8-9,11-13,16H,6-7,10H2,1H3,(H,24,26)/t13-,16-/m0/s1. The van der Waals surface area contributed by atoms with Gasteiger partial charge in [0.1, 0.15) is 0 Å². The Balaban J connectivity index is 1.29. The average molecular weight is 473 g/mol. The average Bonchev–Trinajstić information content (AvgIpc) is 3.41. The molecule has 0 unspecified atom stereocenters. The van der Waals surface area contributed by atoms with Crippen molar-refractivity contribution in [1.29, 1.82) is 0 Å². The van der Waals surface area contributed by atoms with Crippen LogP contribution in [-0.2, 0) is 14.8 Å². The molecule has 4 aromatic rings. The van der Waals surface area contributed by atoms with Gasteiger partial charge in [-0.1, -0.05) is 6.92 Å². The second kappa shape index (κ2) is 7.94. The number of fused-ring (bicyclic) bond motifs is 2. The largest absolute Gasteiger partial charge is 0.326 e. The summed E-state index contributed by atoms with van der Waals surface area (Å²) in [7, 11) is -3.62. The Kier molecular flexibility index (Phi) is 5.25. The number of nitrogens with one attached hydrogen (secondary N) is 1. The van der Waals surface area contributed by atoms with Gasteiger partial charge < -0.3 is 5.32 Å². The number of nitrogens with zero attached hydrogens (tertiary/aromatic N) is 3. The van der Waals surface area contributed by atoms with Crippen LogP contribution in [0.5, 0.6) is 0 Å².